The predicted molar refractivity (Wildman–Crippen MR) is 120 cm³/mol. The van der Waals surface area contributed by atoms with E-state index in [1.807, 2.05) is 25.1 Å². The van der Waals surface area contributed by atoms with Crippen molar-refractivity contribution in [1.29, 1.82) is 0 Å². The summed E-state index contributed by atoms with van der Waals surface area (Å²) in [6, 6.07) is 12.7. The van der Waals surface area contributed by atoms with Crippen LogP contribution in [0.1, 0.15) is 11.3 Å². The maximum Gasteiger partial charge on any atom is 0.243 e. The van der Waals surface area contributed by atoms with Crippen LogP contribution in [0.4, 0.5) is 5.69 Å². The maximum atomic E-state index is 12.8. The molecule has 0 atom stereocenters. The lowest BCUT2D eigenvalue weighted by molar-refractivity contribution is 0.0730. The molecule has 5 rings (SSSR count). The topological polar surface area (TPSA) is 82.4 Å². The van der Waals surface area contributed by atoms with Crippen LogP contribution in [0, 0.1) is 6.92 Å². The first-order valence-electron chi connectivity index (χ1n) is 10.3. The number of rotatable bonds is 5. The van der Waals surface area contributed by atoms with Gasteiger partial charge in [-0.05, 0) is 48.9 Å². The van der Waals surface area contributed by atoms with Gasteiger partial charge in [0, 0.05) is 24.2 Å². The van der Waals surface area contributed by atoms with Crippen molar-refractivity contribution in [1.82, 2.24) is 8.87 Å². The molecule has 2 aliphatic heterocycles. The van der Waals surface area contributed by atoms with Crippen LogP contribution >= 0.6 is 11.3 Å². The summed E-state index contributed by atoms with van der Waals surface area (Å²) in [6.07, 6.45) is 0. The molecule has 168 valence electrons. The summed E-state index contributed by atoms with van der Waals surface area (Å²) in [5.41, 5.74) is 2.88. The predicted octanol–water partition coefficient (Wildman–Crippen LogP) is 2.89. The third-order valence-electron chi connectivity index (χ3n) is 5.44. The number of nitrogens with zero attached hydrogens (tertiary/aromatic N) is 3. The first-order chi connectivity index (χ1) is 15.5. The van der Waals surface area contributed by atoms with Crippen LogP contribution in [0.3, 0.4) is 0 Å². The second-order valence-corrected chi connectivity index (χ2v) is 10.3. The molecule has 3 heterocycles. The highest BCUT2D eigenvalue weighted by molar-refractivity contribution is 7.89. The minimum atomic E-state index is -3.51. The second kappa shape index (κ2) is 8.70. The van der Waals surface area contributed by atoms with E-state index < -0.39 is 10.0 Å². The van der Waals surface area contributed by atoms with Crippen LogP contribution in [0.2, 0.25) is 0 Å². The van der Waals surface area contributed by atoms with Crippen molar-refractivity contribution >= 4 is 27.0 Å². The first kappa shape index (κ1) is 21.2. The van der Waals surface area contributed by atoms with Crippen LogP contribution in [0.15, 0.2) is 57.7 Å². The summed E-state index contributed by atoms with van der Waals surface area (Å²) < 4.78 is 45.4. The quantitative estimate of drug-likeness (QED) is 0.569. The Bertz CT molecular complexity index is 1290. The lowest BCUT2D eigenvalue weighted by atomic mass is 10.2. The standard InChI is InChI=1S/C22H23N3O5S2/c1-16-14-31-22(25(16)13-17-2-7-20-21(12-17)30-15-29-20)23-18-3-5-19(6-4-18)32(26,27)24-8-10-28-11-9-24/h2-7,12,14H,8-11,13,15H2,1H3. The van der Waals surface area contributed by atoms with E-state index in [0.717, 1.165) is 27.6 Å². The molecular weight excluding hydrogens is 450 g/mol. The molecule has 1 fully saturated rings. The zero-order chi connectivity index (χ0) is 22.1. The molecule has 3 aromatic rings. The number of aryl methyl sites for hydroxylation is 1. The Balaban J connectivity index is 1.40. The summed E-state index contributed by atoms with van der Waals surface area (Å²) in [6.45, 7) is 4.54. The van der Waals surface area contributed by atoms with Crippen molar-refractivity contribution in [2.75, 3.05) is 33.1 Å². The molecule has 0 radical (unpaired) electrons. The summed E-state index contributed by atoms with van der Waals surface area (Å²) in [5, 5.41) is 2.06. The van der Waals surface area contributed by atoms with Crippen molar-refractivity contribution in [2.45, 2.75) is 18.4 Å². The fourth-order valence-electron chi connectivity index (χ4n) is 3.66. The molecule has 10 heteroatoms. The number of benzene rings is 2. The van der Waals surface area contributed by atoms with E-state index in [-0.39, 0.29) is 11.7 Å². The van der Waals surface area contributed by atoms with Crippen LogP contribution in [0.25, 0.3) is 0 Å². The monoisotopic (exact) mass is 473 g/mol. The Labute approximate surface area is 190 Å². The lowest BCUT2D eigenvalue weighted by Crippen LogP contribution is -2.40. The largest absolute Gasteiger partial charge is 0.454 e. The summed E-state index contributed by atoms with van der Waals surface area (Å²) in [5.74, 6) is 1.52. The van der Waals surface area contributed by atoms with Gasteiger partial charge in [0.1, 0.15) is 0 Å². The molecular formula is C22H23N3O5S2. The van der Waals surface area contributed by atoms with Crippen molar-refractivity contribution < 1.29 is 22.6 Å². The summed E-state index contributed by atoms with van der Waals surface area (Å²) in [7, 11) is -3.51. The SMILES string of the molecule is Cc1csc(=Nc2ccc(S(=O)(=O)N3CCOCC3)cc2)n1Cc1ccc2c(c1)OCO2. The number of hydrogen-bond donors (Lipinski definition) is 0. The average Bonchev–Trinajstić information content (AvgIpc) is 3.42. The Morgan fingerprint density at radius 3 is 2.56 bits per heavy atom. The number of thiazole rings is 1. The van der Waals surface area contributed by atoms with Crippen molar-refractivity contribution in [2.24, 2.45) is 4.99 Å². The first-order valence-corrected chi connectivity index (χ1v) is 12.6. The Kier molecular flexibility index (Phi) is 5.76. The van der Waals surface area contributed by atoms with Crippen molar-refractivity contribution in [3.63, 3.8) is 0 Å². The average molecular weight is 474 g/mol. The zero-order valence-electron chi connectivity index (χ0n) is 17.6. The van der Waals surface area contributed by atoms with E-state index in [0.29, 0.717) is 38.5 Å². The third kappa shape index (κ3) is 4.18. The van der Waals surface area contributed by atoms with Gasteiger partial charge in [-0.1, -0.05) is 6.07 Å². The van der Waals surface area contributed by atoms with Gasteiger partial charge in [-0.15, -0.1) is 11.3 Å². The Hall–Kier alpha value is -2.66. The molecule has 32 heavy (non-hydrogen) atoms. The van der Waals surface area contributed by atoms with Crippen LogP contribution in [0.5, 0.6) is 11.5 Å². The van der Waals surface area contributed by atoms with Crippen LogP contribution in [-0.2, 0) is 21.3 Å². The molecule has 0 amide bonds. The van der Waals surface area contributed by atoms with E-state index >= 15 is 0 Å². The number of aromatic nitrogens is 1. The number of fused-ring (bicyclic) bond motifs is 1. The van der Waals surface area contributed by atoms with E-state index in [1.54, 1.807) is 35.6 Å². The molecule has 1 aromatic heterocycles. The Morgan fingerprint density at radius 2 is 1.78 bits per heavy atom. The fraction of sp³-hybridized carbons (Fsp3) is 0.318. The minimum Gasteiger partial charge on any atom is -0.454 e. The van der Waals surface area contributed by atoms with Gasteiger partial charge in [-0.2, -0.15) is 4.31 Å². The van der Waals surface area contributed by atoms with Crippen LogP contribution < -0.4 is 14.3 Å². The highest BCUT2D eigenvalue weighted by atomic mass is 32.2. The highest BCUT2D eigenvalue weighted by Crippen LogP contribution is 2.32. The Morgan fingerprint density at radius 1 is 1.03 bits per heavy atom. The number of morpholine rings is 1. The van der Waals surface area contributed by atoms with Crippen molar-refractivity contribution in [3.05, 3.63) is 63.9 Å². The van der Waals surface area contributed by atoms with Gasteiger partial charge in [-0.3, -0.25) is 0 Å². The molecule has 2 aliphatic rings. The molecule has 0 saturated carbocycles. The summed E-state index contributed by atoms with van der Waals surface area (Å²) in [4.78, 5) is 5.87. The van der Waals surface area contributed by atoms with E-state index in [2.05, 4.69) is 9.95 Å². The number of sulfonamides is 1. The van der Waals surface area contributed by atoms with Gasteiger partial charge in [0.15, 0.2) is 16.3 Å². The molecule has 2 aromatic carbocycles. The maximum absolute atomic E-state index is 12.8. The molecule has 0 bridgehead atoms. The fourth-order valence-corrected chi connectivity index (χ4v) is 5.96. The van der Waals surface area contributed by atoms with Gasteiger partial charge in [0.2, 0.25) is 16.8 Å². The number of ether oxygens (including phenoxy) is 3. The number of hydrogen-bond acceptors (Lipinski definition) is 7. The second-order valence-electron chi connectivity index (χ2n) is 7.56. The zero-order valence-corrected chi connectivity index (χ0v) is 19.2. The van der Waals surface area contributed by atoms with Gasteiger partial charge in [0.05, 0.1) is 30.3 Å². The molecule has 8 nitrogen and oxygen atoms in total. The van der Waals surface area contributed by atoms with Gasteiger partial charge in [-0.25, -0.2) is 13.4 Å². The van der Waals surface area contributed by atoms with E-state index in [4.69, 9.17) is 19.2 Å². The molecule has 0 N–H and O–H groups in total. The molecule has 0 aliphatic carbocycles. The third-order valence-corrected chi connectivity index (χ3v) is 8.33. The van der Waals surface area contributed by atoms with Crippen molar-refractivity contribution in [3.8, 4) is 11.5 Å². The molecule has 0 unspecified atom stereocenters. The normalized spacial score (nSPS) is 17.1. The van der Waals surface area contributed by atoms with Crippen LogP contribution in [-0.4, -0.2) is 50.4 Å². The smallest absolute Gasteiger partial charge is 0.243 e. The van der Waals surface area contributed by atoms with Gasteiger partial charge in [0.25, 0.3) is 0 Å². The molecule has 0 spiro atoms. The summed E-state index contributed by atoms with van der Waals surface area (Å²) >= 11 is 1.55. The van der Waals surface area contributed by atoms with E-state index in [9.17, 15) is 8.42 Å². The molecule has 1 saturated heterocycles. The minimum absolute atomic E-state index is 0.251. The van der Waals surface area contributed by atoms with Gasteiger partial charge >= 0.3 is 0 Å². The van der Waals surface area contributed by atoms with Gasteiger partial charge < -0.3 is 18.8 Å². The lowest BCUT2D eigenvalue weighted by Gasteiger charge is -2.26. The highest BCUT2D eigenvalue weighted by Gasteiger charge is 2.26. The van der Waals surface area contributed by atoms with E-state index in [1.165, 1.54) is 4.31 Å².